The van der Waals surface area contributed by atoms with Gasteiger partial charge < -0.3 is 10.2 Å². The Balaban J connectivity index is 2.21. The van der Waals surface area contributed by atoms with Crippen molar-refractivity contribution >= 4 is 23.4 Å². The minimum Gasteiger partial charge on any atom is -0.333 e. The van der Waals surface area contributed by atoms with Crippen LogP contribution in [0.1, 0.15) is 32.9 Å². The molecule has 1 aliphatic rings. The van der Waals surface area contributed by atoms with Gasteiger partial charge in [0, 0.05) is 18.4 Å². The van der Waals surface area contributed by atoms with E-state index in [2.05, 4.69) is 28.8 Å². The minimum absolute atomic E-state index is 0.0438. The number of fused-ring (bicyclic) bond motifs is 1. The zero-order chi connectivity index (χ0) is 19.3. The number of carbonyl (C=O) groups is 2. The topological polar surface area (TPSA) is 74.3 Å². The molecule has 0 aliphatic carbocycles. The van der Waals surface area contributed by atoms with Crippen molar-refractivity contribution in [2.45, 2.75) is 39.2 Å². The van der Waals surface area contributed by atoms with Crippen LogP contribution in [0.3, 0.4) is 0 Å². The van der Waals surface area contributed by atoms with E-state index in [1.54, 1.807) is 23.1 Å². The molecule has 2 N–H and O–H groups in total. The van der Waals surface area contributed by atoms with E-state index >= 15 is 0 Å². The Kier molecular flexibility index (Phi) is 5.97. The second-order valence-corrected chi connectivity index (χ2v) is 7.15. The quantitative estimate of drug-likeness (QED) is 0.794. The molecular weight excluding hydrogens is 328 g/mol. The van der Waals surface area contributed by atoms with Gasteiger partial charge in [0.2, 0.25) is 5.91 Å². The van der Waals surface area contributed by atoms with Gasteiger partial charge >= 0.3 is 6.03 Å². The van der Waals surface area contributed by atoms with Crippen LogP contribution in [0.5, 0.6) is 0 Å². The first-order chi connectivity index (χ1) is 12.2. The molecule has 1 aromatic rings. The van der Waals surface area contributed by atoms with E-state index in [4.69, 9.17) is 0 Å². The van der Waals surface area contributed by atoms with Gasteiger partial charge in [-0.25, -0.2) is 9.78 Å². The lowest BCUT2D eigenvalue weighted by Crippen LogP contribution is -2.43. The first-order valence-electron chi connectivity index (χ1n) is 8.57. The van der Waals surface area contributed by atoms with Crippen molar-refractivity contribution in [1.29, 1.82) is 0 Å². The van der Waals surface area contributed by atoms with Gasteiger partial charge in [0.25, 0.3) is 0 Å². The lowest BCUT2D eigenvalue weighted by molar-refractivity contribution is -0.118. The number of amides is 3. The van der Waals surface area contributed by atoms with Crippen LogP contribution in [-0.4, -0.2) is 29.0 Å². The lowest BCUT2D eigenvalue weighted by Gasteiger charge is -2.29. The number of anilines is 2. The molecule has 0 aromatic carbocycles. The van der Waals surface area contributed by atoms with Gasteiger partial charge in [0.05, 0.1) is 17.9 Å². The van der Waals surface area contributed by atoms with Gasteiger partial charge in [-0.2, -0.15) is 0 Å². The molecule has 6 heteroatoms. The Bertz CT molecular complexity index is 760. The SMILES string of the molecule is C=C/C=C(\C=C)CN1C(=O)CCc2nc(NC(=O)NC(C)(C)C)ccc21. The third-order valence-corrected chi connectivity index (χ3v) is 3.78. The standard InChI is InChI=1S/C20H26N4O2/c1-6-8-14(7-2)13-24-16-10-11-17(21-15(16)9-12-18(24)25)22-19(26)23-20(3,4)5/h6-8,10-11H,1-2,9,12-13H2,3-5H3,(H2,21,22,23,26)/b14-8+. The molecule has 3 amide bonds. The zero-order valence-corrected chi connectivity index (χ0v) is 15.6. The Labute approximate surface area is 154 Å². The fourth-order valence-electron chi connectivity index (χ4n) is 2.67. The van der Waals surface area contributed by atoms with Crippen LogP contribution in [0.25, 0.3) is 0 Å². The van der Waals surface area contributed by atoms with Gasteiger partial charge in [-0.3, -0.25) is 10.1 Å². The molecule has 0 bridgehead atoms. The molecule has 0 saturated carbocycles. The smallest absolute Gasteiger partial charge is 0.320 e. The number of nitrogens with one attached hydrogen (secondary N) is 2. The molecule has 1 aliphatic heterocycles. The Morgan fingerprint density at radius 3 is 2.65 bits per heavy atom. The summed E-state index contributed by atoms with van der Waals surface area (Å²) in [6, 6.07) is 3.22. The summed E-state index contributed by atoms with van der Waals surface area (Å²) in [4.78, 5) is 30.6. The van der Waals surface area contributed by atoms with Gasteiger partial charge in [-0.05, 0) is 38.5 Å². The van der Waals surface area contributed by atoms with E-state index in [0.29, 0.717) is 25.2 Å². The number of carbonyl (C=O) groups excluding carboxylic acids is 2. The Morgan fingerprint density at radius 2 is 2.04 bits per heavy atom. The number of aromatic nitrogens is 1. The van der Waals surface area contributed by atoms with Crippen LogP contribution in [0, 0.1) is 0 Å². The Morgan fingerprint density at radius 1 is 1.31 bits per heavy atom. The maximum atomic E-state index is 12.4. The summed E-state index contributed by atoms with van der Waals surface area (Å²) >= 11 is 0. The van der Waals surface area contributed by atoms with Gasteiger partial charge in [-0.1, -0.05) is 31.4 Å². The lowest BCUT2D eigenvalue weighted by atomic mass is 10.1. The summed E-state index contributed by atoms with van der Waals surface area (Å²) in [5.74, 6) is 0.507. The predicted molar refractivity (Wildman–Crippen MR) is 105 cm³/mol. The summed E-state index contributed by atoms with van der Waals surface area (Å²) in [6.45, 7) is 13.6. The average molecular weight is 354 g/mol. The highest BCUT2D eigenvalue weighted by Gasteiger charge is 2.26. The van der Waals surface area contributed by atoms with Crippen molar-refractivity contribution in [2.24, 2.45) is 0 Å². The molecule has 2 heterocycles. The number of aryl methyl sites for hydroxylation is 1. The van der Waals surface area contributed by atoms with E-state index in [9.17, 15) is 9.59 Å². The van der Waals surface area contributed by atoms with Crippen molar-refractivity contribution in [3.8, 4) is 0 Å². The summed E-state index contributed by atoms with van der Waals surface area (Å²) in [5, 5.41) is 5.57. The largest absolute Gasteiger partial charge is 0.333 e. The highest BCUT2D eigenvalue weighted by Crippen LogP contribution is 2.28. The van der Waals surface area contributed by atoms with Crippen LogP contribution >= 0.6 is 0 Å². The molecule has 1 aromatic heterocycles. The van der Waals surface area contributed by atoms with Crippen LogP contribution in [-0.2, 0) is 11.2 Å². The summed E-state index contributed by atoms with van der Waals surface area (Å²) in [6.07, 6.45) is 6.15. The molecule has 0 atom stereocenters. The summed E-state index contributed by atoms with van der Waals surface area (Å²) in [7, 11) is 0. The van der Waals surface area contributed by atoms with E-state index < -0.39 is 0 Å². The number of pyridine rings is 1. The fourth-order valence-corrected chi connectivity index (χ4v) is 2.67. The molecular formula is C20H26N4O2. The molecule has 0 saturated heterocycles. The number of hydrogen-bond donors (Lipinski definition) is 2. The van der Waals surface area contributed by atoms with Crippen molar-refractivity contribution in [3.63, 3.8) is 0 Å². The maximum absolute atomic E-state index is 12.4. The van der Waals surface area contributed by atoms with Crippen LogP contribution in [0.15, 0.2) is 49.1 Å². The van der Waals surface area contributed by atoms with Gasteiger partial charge in [-0.15, -0.1) is 0 Å². The third-order valence-electron chi connectivity index (χ3n) is 3.78. The molecule has 0 unspecified atom stereocenters. The highest BCUT2D eigenvalue weighted by atomic mass is 16.2. The zero-order valence-electron chi connectivity index (χ0n) is 15.6. The predicted octanol–water partition coefficient (Wildman–Crippen LogP) is 3.58. The van der Waals surface area contributed by atoms with Crippen LogP contribution < -0.4 is 15.5 Å². The molecule has 138 valence electrons. The van der Waals surface area contributed by atoms with E-state index in [-0.39, 0.29) is 17.5 Å². The van der Waals surface area contributed by atoms with E-state index in [1.165, 1.54) is 0 Å². The second-order valence-electron chi connectivity index (χ2n) is 7.15. The molecule has 2 rings (SSSR count). The first-order valence-corrected chi connectivity index (χ1v) is 8.57. The number of allylic oxidation sites excluding steroid dienone is 2. The molecule has 0 fully saturated rings. The van der Waals surface area contributed by atoms with Crippen LogP contribution in [0.2, 0.25) is 0 Å². The summed E-state index contributed by atoms with van der Waals surface area (Å²) in [5.41, 5.74) is 2.12. The van der Waals surface area contributed by atoms with E-state index in [0.717, 1.165) is 17.0 Å². The maximum Gasteiger partial charge on any atom is 0.320 e. The fraction of sp³-hybridized carbons (Fsp3) is 0.350. The van der Waals surface area contributed by atoms with Crippen molar-refractivity contribution in [2.75, 3.05) is 16.8 Å². The first kappa shape index (κ1) is 19.4. The second kappa shape index (κ2) is 7.99. The third kappa shape index (κ3) is 5.05. The highest BCUT2D eigenvalue weighted by molar-refractivity contribution is 5.97. The monoisotopic (exact) mass is 354 g/mol. The number of nitrogens with zero attached hydrogens (tertiary/aromatic N) is 2. The molecule has 6 nitrogen and oxygen atoms in total. The number of hydrogen-bond acceptors (Lipinski definition) is 3. The van der Waals surface area contributed by atoms with Crippen molar-refractivity contribution < 1.29 is 9.59 Å². The molecule has 0 spiro atoms. The number of urea groups is 1. The van der Waals surface area contributed by atoms with Gasteiger partial charge in [0.1, 0.15) is 5.82 Å². The van der Waals surface area contributed by atoms with Crippen molar-refractivity contribution in [1.82, 2.24) is 10.3 Å². The molecule has 26 heavy (non-hydrogen) atoms. The van der Waals surface area contributed by atoms with Crippen LogP contribution in [0.4, 0.5) is 16.3 Å². The Hall–Kier alpha value is -2.89. The van der Waals surface area contributed by atoms with Crippen molar-refractivity contribution in [3.05, 3.63) is 54.8 Å². The normalized spacial score (nSPS) is 14.5. The summed E-state index contributed by atoms with van der Waals surface area (Å²) < 4.78 is 0. The minimum atomic E-state index is -0.333. The van der Waals surface area contributed by atoms with Gasteiger partial charge in [0.15, 0.2) is 0 Å². The van der Waals surface area contributed by atoms with E-state index in [1.807, 2.05) is 32.9 Å². The average Bonchev–Trinajstić information content (AvgIpc) is 2.54. The number of rotatable bonds is 5. The molecule has 0 radical (unpaired) electrons.